The molecule has 1 aliphatic rings. The van der Waals surface area contributed by atoms with Crippen LogP contribution in [0.3, 0.4) is 0 Å². The number of aryl methyl sites for hydroxylation is 3. The van der Waals surface area contributed by atoms with Crippen LogP contribution in [0.2, 0.25) is 0 Å². The average molecular weight is 365 g/mol. The van der Waals surface area contributed by atoms with E-state index in [0.717, 1.165) is 29.5 Å². The molecule has 1 N–H and O–H groups in total. The van der Waals surface area contributed by atoms with Gasteiger partial charge in [0, 0.05) is 17.7 Å². The van der Waals surface area contributed by atoms with Crippen molar-refractivity contribution in [1.29, 1.82) is 0 Å². The first-order chi connectivity index (χ1) is 12.8. The van der Waals surface area contributed by atoms with E-state index in [1.54, 1.807) is 17.0 Å². The topological polar surface area (TPSA) is 57.6 Å². The third kappa shape index (κ3) is 3.30. The second kappa shape index (κ2) is 7.28. The Labute approximate surface area is 160 Å². The van der Waals surface area contributed by atoms with Gasteiger partial charge >= 0.3 is 0 Å². The van der Waals surface area contributed by atoms with Crippen molar-refractivity contribution in [3.8, 4) is 0 Å². The van der Waals surface area contributed by atoms with Gasteiger partial charge in [0.25, 0.3) is 5.91 Å². The van der Waals surface area contributed by atoms with Gasteiger partial charge in [0.05, 0.1) is 12.1 Å². The van der Waals surface area contributed by atoms with Crippen molar-refractivity contribution in [3.05, 3.63) is 64.2 Å². The molecule has 1 aliphatic heterocycles. The fourth-order valence-corrected chi connectivity index (χ4v) is 4.16. The molecule has 0 bridgehead atoms. The lowest BCUT2D eigenvalue weighted by Gasteiger charge is -2.23. The molecule has 0 spiro atoms. The maximum Gasteiger partial charge on any atom is 0.264 e. The van der Waals surface area contributed by atoms with Gasteiger partial charge in [0.15, 0.2) is 11.4 Å². The number of Topliss-reactive ketones (excluding diaryl/α,β-unsaturated/α-hetero) is 1. The van der Waals surface area contributed by atoms with E-state index in [1.807, 2.05) is 45.0 Å². The number of benzene rings is 2. The van der Waals surface area contributed by atoms with E-state index >= 15 is 0 Å². The number of carbonyl (C=O) groups is 2. The number of para-hydroxylation sites is 1. The molecule has 0 unspecified atom stereocenters. The van der Waals surface area contributed by atoms with Crippen LogP contribution in [0.15, 0.2) is 36.4 Å². The van der Waals surface area contributed by atoms with Crippen molar-refractivity contribution in [2.45, 2.75) is 52.6 Å². The number of fused-ring (bicyclic) bond motifs is 1. The van der Waals surface area contributed by atoms with Crippen molar-refractivity contribution in [2.75, 3.05) is 11.4 Å². The molecule has 0 aliphatic carbocycles. The molecular weight excluding hydrogens is 338 g/mol. The molecule has 0 saturated carbocycles. The van der Waals surface area contributed by atoms with Gasteiger partial charge in [0.2, 0.25) is 0 Å². The largest absolute Gasteiger partial charge is 0.375 e. The Morgan fingerprint density at radius 1 is 1.11 bits per heavy atom. The summed E-state index contributed by atoms with van der Waals surface area (Å²) < 4.78 is 0. The first-order valence-electron chi connectivity index (χ1n) is 9.54. The van der Waals surface area contributed by atoms with E-state index < -0.39 is 11.5 Å². The minimum atomic E-state index is -1.80. The Morgan fingerprint density at radius 3 is 2.37 bits per heavy atom. The summed E-state index contributed by atoms with van der Waals surface area (Å²) in [7, 11) is 0. The maximum atomic E-state index is 13.1. The molecule has 3 rings (SSSR count). The fraction of sp³-hybridized carbons (Fsp3) is 0.391. The molecule has 1 atom stereocenters. The molecule has 0 fully saturated rings. The van der Waals surface area contributed by atoms with Crippen LogP contribution in [0, 0.1) is 20.8 Å². The predicted molar refractivity (Wildman–Crippen MR) is 107 cm³/mol. The smallest absolute Gasteiger partial charge is 0.264 e. The van der Waals surface area contributed by atoms with Gasteiger partial charge in [-0.15, -0.1) is 0 Å². The van der Waals surface area contributed by atoms with Gasteiger partial charge in [-0.1, -0.05) is 49.2 Å². The Bertz CT molecular complexity index is 879. The van der Waals surface area contributed by atoms with E-state index in [-0.39, 0.29) is 12.2 Å². The summed E-state index contributed by atoms with van der Waals surface area (Å²) in [6.45, 7) is 8.39. The lowest BCUT2D eigenvalue weighted by Crippen LogP contribution is -2.42. The SMILES string of the molecule is CCCCN1C(=O)[C@](O)(CC(=O)c2c(C)cc(C)cc2C)c2ccccc21. The Hall–Kier alpha value is -2.46. The first kappa shape index (κ1) is 19.3. The van der Waals surface area contributed by atoms with Crippen molar-refractivity contribution in [2.24, 2.45) is 0 Å². The lowest BCUT2D eigenvalue weighted by atomic mass is 9.85. The summed E-state index contributed by atoms with van der Waals surface area (Å²) in [5.41, 5.74) is 2.89. The predicted octanol–water partition coefficient (Wildman–Crippen LogP) is 4.22. The van der Waals surface area contributed by atoms with Crippen LogP contribution in [0.1, 0.15) is 58.8 Å². The standard InChI is InChI=1S/C23H27NO3/c1-5-6-11-24-19-10-8-7-9-18(19)23(27,22(24)26)14-20(25)21-16(3)12-15(2)13-17(21)4/h7-10,12-13,27H,5-6,11,14H2,1-4H3/t23-/m0/s1. The number of unbranched alkanes of at least 4 members (excludes halogenated alkanes) is 1. The van der Waals surface area contributed by atoms with Crippen molar-refractivity contribution < 1.29 is 14.7 Å². The lowest BCUT2D eigenvalue weighted by molar-refractivity contribution is -0.135. The molecule has 4 nitrogen and oxygen atoms in total. The zero-order valence-electron chi connectivity index (χ0n) is 16.5. The molecule has 142 valence electrons. The monoisotopic (exact) mass is 365 g/mol. The van der Waals surface area contributed by atoms with Crippen LogP contribution >= 0.6 is 0 Å². The number of ketones is 1. The molecule has 2 aromatic rings. The second-order valence-corrected chi connectivity index (χ2v) is 7.56. The number of amides is 1. The zero-order valence-corrected chi connectivity index (χ0v) is 16.5. The Kier molecular flexibility index (Phi) is 5.20. The van der Waals surface area contributed by atoms with Gasteiger partial charge < -0.3 is 10.0 Å². The van der Waals surface area contributed by atoms with E-state index in [4.69, 9.17) is 0 Å². The van der Waals surface area contributed by atoms with Crippen LogP contribution < -0.4 is 4.90 Å². The number of aliphatic hydroxyl groups is 1. The molecule has 0 saturated heterocycles. The van der Waals surface area contributed by atoms with Gasteiger partial charge in [-0.25, -0.2) is 0 Å². The van der Waals surface area contributed by atoms with Crippen molar-refractivity contribution in [1.82, 2.24) is 0 Å². The summed E-state index contributed by atoms with van der Waals surface area (Å²) in [6, 6.07) is 11.2. The number of rotatable bonds is 6. The summed E-state index contributed by atoms with van der Waals surface area (Å²) in [6.07, 6.45) is 1.56. The van der Waals surface area contributed by atoms with Gasteiger partial charge in [-0.3, -0.25) is 9.59 Å². The molecule has 0 radical (unpaired) electrons. The fourth-order valence-electron chi connectivity index (χ4n) is 4.16. The number of hydrogen-bond acceptors (Lipinski definition) is 3. The number of nitrogens with zero attached hydrogens (tertiary/aromatic N) is 1. The molecule has 4 heteroatoms. The van der Waals surface area contributed by atoms with Crippen molar-refractivity contribution >= 4 is 17.4 Å². The van der Waals surface area contributed by atoms with Crippen LogP contribution in [0.5, 0.6) is 0 Å². The van der Waals surface area contributed by atoms with Gasteiger partial charge in [-0.05, 0) is 44.4 Å². The summed E-state index contributed by atoms with van der Waals surface area (Å²) in [5.74, 6) is -0.596. The van der Waals surface area contributed by atoms with E-state index in [9.17, 15) is 14.7 Å². The van der Waals surface area contributed by atoms with Gasteiger partial charge in [0.1, 0.15) is 0 Å². The molecular formula is C23H27NO3. The highest BCUT2D eigenvalue weighted by atomic mass is 16.3. The molecule has 27 heavy (non-hydrogen) atoms. The first-order valence-corrected chi connectivity index (χ1v) is 9.54. The minimum Gasteiger partial charge on any atom is -0.375 e. The Balaban J connectivity index is 1.99. The van der Waals surface area contributed by atoms with Crippen LogP contribution in [0.25, 0.3) is 0 Å². The number of anilines is 1. The minimum absolute atomic E-state index is 0.201. The number of carbonyl (C=O) groups excluding carboxylic acids is 2. The van der Waals surface area contributed by atoms with E-state index in [1.165, 1.54) is 0 Å². The van der Waals surface area contributed by atoms with Crippen LogP contribution in [-0.4, -0.2) is 23.3 Å². The maximum absolute atomic E-state index is 13.1. The average Bonchev–Trinajstić information content (AvgIpc) is 2.80. The van der Waals surface area contributed by atoms with Gasteiger partial charge in [-0.2, -0.15) is 0 Å². The van der Waals surface area contributed by atoms with Crippen molar-refractivity contribution in [3.63, 3.8) is 0 Å². The third-order valence-electron chi connectivity index (χ3n) is 5.35. The zero-order chi connectivity index (χ0) is 19.8. The quantitative estimate of drug-likeness (QED) is 0.780. The molecule has 1 amide bonds. The molecule has 2 aromatic carbocycles. The second-order valence-electron chi connectivity index (χ2n) is 7.56. The third-order valence-corrected chi connectivity index (χ3v) is 5.35. The van der Waals surface area contributed by atoms with Crippen LogP contribution in [0.4, 0.5) is 5.69 Å². The van der Waals surface area contributed by atoms with Crippen LogP contribution in [-0.2, 0) is 10.4 Å². The number of hydrogen-bond donors (Lipinski definition) is 1. The highest BCUT2D eigenvalue weighted by Gasteiger charge is 2.50. The highest BCUT2D eigenvalue weighted by Crippen LogP contribution is 2.43. The normalized spacial score (nSPS) is 18.7. The summed E-state index contributed by atoms with van der Waals surface area (Å²) >= 11 is 0. The highest BCUT2D eigenvalue weighted by molar-refractivity contribution is 6.11. The molecule has 0 aromatic heterocycles. The molecule has 1 heterocycles. The van der Waals surface area contributed by atoms with E-state index in [0.29, 0.717) is 23.4 Å². The summed E-state index contributed by atoms with van der Waals surface area (Å²) in [4.78, 5) is 27.8. The Morgan fingerprint density at radius 2 is 1.74 bits per heavy atom. The summed E-state index contributed by atoms with van der Waals surface area (Å²) in [5, 5.41) is 11.3. The van der Waals surface area contributed by atoms with E-state index in [2.05, 4.69) is 6.92 Å².